The number of thioether (sulfide) groups is 1. The first kappa shape index (κ1) is 18.8. The minimum absolute atomic E-state index is 0.507. The average Bonchev–Trinajstić information content (AvgIpc) is 3.07. The Balaban J connectivity index is 2.06. The van der Waals surface area contributed by atoms with E-state index >= 15 is 0 Å². The van der Waals surface area contributed by atoms with Crippen LogP contribution in [0.25, 0.3) is 0 Å². The molecule has 0 amide bonds. The fourth-order valence-corrected chi connectivity index (χ4v) is 3.84. The van der Waals surface area contributed by atoms with Crippen LogP contribution in [0.3, 0.4) is 0 Å². The Morgan fingerprint density at radius 3 is 2.75 bits per heavy atom. The van der Waals surface area contributed by atoms with Crippen LogP contribution >= 0.6 is 11.8 Å². The Morgan fingerprint density at radius 1 is 1.29 bits per heavy atom. The second-order valence-corrected chi connectivity index (χ2v) is 7.00. The number of aliphatic imine (C=N–C) groups is 1. The van der Waals surface area contributed by atoms with Gasteiger partial charge in [-0.3, -0.25) is 0 Å². The summed E-state index contributed by atoms with van der Waals surface area (Å²) >= 11 is 1.97. The molecule has 5 nitrogen and oxygen atoms in total. The Labute approximate surface area is 149 Å². The molecule has 1 aromatic carbocycles. The van der Waals surface area contributed by atoms with E-state index in [1.54, 1.807) is 14.2 Å². The van der Waals surface area contributed by atoms with E-state index in [0.717, 1.165) is 34.8 Å². The number of benzene rings is 1. The maximum Gasteiger partial charge on any atom is 0.191 e. The average molecular weight is 352 g/mol. The second kappa shape index (κ2) is 9.67. The molecule has 0 radical (unpaired) electrons. The van der Waals surface area contributed by atoms with Gasteiger partial charge < -0.3 is 20.1 Å². The van der Waals surface area contributed by atoms with Gasteiger partial charge in [0.15, 0.2) is 17.5 Å². The standard InChI is InChI=1S/C18H29N3O2S/c1-5-19-18(21-14-9-10-15(11-14)24-4)20-12-13-7-6-8-16(22-2)17(13)23-3/h6-8,14-15H,5,9-12H2,1-4H3,(H2,19,20,21). The maximum absolute atomic E-state index is 5.48. The summed E-state index contributed by atoms with van der Waals surface area (Å²) in [5.41, 5.74) is 1.02. The molecule has 0 heterocycles. The summed E-state index contributed by atoms with van der Waals surface area (Å²) in [5, 5.41) is 7.68. The van der Waals surface area contributed by atoms with Gasteiger partial charge in [0, 0.05) is 23.4 Å². The van der Waals surface area contributed by atoms with Crippen LogP contribution in [-0.4, -0.2) is 44.3 Å². The quantitative estimate of drug-likeness (QED) is 0.584. The molecule has 2 atom stereocenters. The van der Waals surface area contributed by atoms with E-state index in [4.69, 9.17) is 14.5 Å². The highest BCUT2D eigenvalue weighted by Gasteiger charge is 2.24. The van der Waals surface area contributed by atoms with Crippen molar-refractivity contribution < 1.29 is 9.47 Å². The van der Waals surface area contributed by atoms with Gasteiger partial charge >= 0.3 is 0 Å². The lowest BCUT2D eigenvalue weighted by atomic mass is 10.2. The monoisotopic (exact) mass is 351 g/mol. The highest BCUT2D eigenvalue weighted by atomic mass is 32.2. The smallest absolute Gasteiger partial charge is 0.191 e. The highest BCUT2D eigenvalue weighted by molar-refractivity contribution is 7.99. The van der Waals surface area contributed by atoms with Crippen LogP contribution in [0.4, 0.5) is 0 Å². The summed E-state index contributed by atoms with van der Waals surface area (Å²) in [6.45, 7) is 3.48. The third kappa shape index (κ3) is 4.97. The van der Waals surface area contributed by atoms with Crippen molar-refractivity contribution in [1.29, 1.82) is 0 Å². The van der Waals surface area contributed by atoms with Crippen molar-refractivity contribution >= 4 is 17.7 Å². The van der Waals surface area contributed by atoms with Gasteiger partial charge in [0.05, 0.1) is 20.8 Å². The number of rotatable bonds is 7. The first-order chi connectivity index (χ1) is 11.7. The number of guanidine groups is 1. The molecule has 2 N–H and O–H groups in total. The lowest BCUT2D eigenvalue weighted by molar-refractivity contribution is 0.352. The van der Waals surface area contributed by atoms with Crippen molar-refractivity contribution in [2.45, 2.75) is 44.0 Å². The summed E-state index contributed by atoms with van der Waals surface area (Å²) in [6, 6.07) is 6.39. The zero-order chi connectivity index (χ0) is 17.4. The van der Waals surface area contributed by atoms with E-state index < -0.39 is 0 Å². The summed E-state index contributed by atoms with van der Waals surface area (Å²) in [7, 11) is 3.31. The molecule has 0 bridgehead atoms. The van der Waals surface area contributed by atoms with Crippen LogP contribution in [0, 0.1) is 0 Å². The minimum atomic E-state index is 0.507. The number of hydrogen-bond donors (Lipinski definition) is 2. The zero-order valence-electron chi connectivity index (χ0n) is 15.1. The largest absolute Gasteiger partial charge is 0.493 e. The topological polar surface area (TPSA) is 54.9 Å². The molecule has 0 aromatic heterocycles. The van der Waals surface area contributed by atoms with Crippen LogP contribution < -0.4 is 20.1 Å². The SMILES string of the molecule is CCNC(=NCc1cccc(OC)c1OC)NC1CCC(SC)C1. The van der Waals surface area contributed by atoms with Gasteiger partial charge in [-0.05, 0) is 38.5 Å². The van der Waals surface area contributed by atoms with E-state index in [-0.39, 0.29) is 0 Å². The molecule has 1 aliphatic carbocycles. The summed E-state index contributed by atoms with van der Waals surface area (Å²) < 4.78 is 10.8. The van der Waals surface area contributed by atoms with Crippen molar-refractivity contribution in [2.24, 2.45) is 4.99 Å². The fourth-order valence-electron chi connectivity index (χ4n) is 3.04. The third-order valence-corrected chi connectivity index (χ3v) is 5.39. The van der Waals surface area contributed by atoms with Crippen LogP contribution in [0.5, 0.6) is 11.5 Å². The molecule has 1 aromatic rings. The first-order valence-corrected chi connectivity index (χ1v) is 9.78. The molecule has 1 fully saturated rings. The molecule has 2 unspecified atom stereocenters. The Morgan fingerprint density at radius 2 is 2.12 bits per heavy atom. The van der Waals surface area contributed by atoms with Crippen LogP contribution in [0.2, 0.25) is 0 Å². The van der Waals surface area contributed by atoms with Crippen molar-refractivity contribution in [3.05, 3.63) is 23.8 Å². The zero-order valence-corrected chi connectivity index (χ0v) is 15.9. The van der Waals surface area contributed by atoms with E-state index in [9.17, 15) is 0 Å². The summed E-state index contributed by atoms with van der Waals surface area (Å²) in [5.74, 6) is 2.36. The van der Waals surface area contributed by atoms with Gasteiger partial charge in [-0.25, -0.2) is 4.99 Å². The van der Waals surface area contributed by atoms with Crippen molar-refractivity contribution in [1.82, 2.24) is 10.6 Å². The summed E-state index contributed by atoms with van der Waals surface area (Å²) in [4.78, 5) is 4.73. The van der Waals surface area contributed by atoms with Crippen LogP contribution in [-0.2, 0) is 6.54 Å². The molecule has 1 aliphatic rings. The number of hydrogen-bond acceptors (Lipinski definition) is 4. The summed E-state index contributed by atoms with van der Waals surface area (Å²) in [6.07, 6.45) is 5.88. The molecule has 0 aliphatic heterocycles. The second-order valence-electron chi connectivity index (χ2n) is 5.86. The van der Waals surface area contributed by atoms with Crippen LogP contribution in [0.1, 0.15) is 31.7 Å². The maximum atomic E-state index is 5.48. The molecule has 24 heavy (non-hydrogen) atoms. The van der Waals surface area contributed by atoms with Crippen molar-refractivity contribution in [3.63, 3.8) is 0 Å². The molecule has 2 rings (SSSR count). The molecule has 1 saturated carbocycles. The van der Waals surface area contributed by atoms with Crippen LogP contribution in [0.15, 0.2) is 23.2 Å². The molecule has 134 valence electrons. The van der Waals surface area contributed by atoms with Gasteiger partial charge in [-0.15, -0.1) is 0 Å². The van der Waals surface area contributed by atoms with Gasteiger partial charge in [0.1, 0.15) is 0 Å². The third-order valence-electron chi connectivity index (χ3n) is 4.29. The number of methoxy groups -OCH3 is 2. The van der Waals surface area contributed by atoms with Gasteiger partial charge in [-0.1, -0.05) is 12.1 Å². The van der Waals surface area contributed by atoms with E-state index in [1.165, 1.54) is 19.3 Å². The lowest BCUT2D eigenvalue weighted by Crippen LogP contribution is -2.42. The van der Waals surface area contributed by atoms with Crippen molar-refractivity contribution in [3.8, 4) is 11.5 Å². The molecular formula is C18H29N3O2S. The fraction of sp³-hybridized carbons (Fsp3) is 0.611. The highest BCUT2D eigenvalue weighted by Crippen LogP contribution is 2.31. The lowest BCUT2D eigenvalue weighted by Gasteiger charge is -2.17. The number of nitrogens with one attached hydrogen (secondary N) is 2. The number of nitrogens with zero attached hydrogens (tertiary/aromatic N) is 1. The van der Waals surface area contributed by atoms with Gasteiger partial charge in [-0.2, -0.15) is 11.8 Å². The first-order valence-electron chi connectivity index (χ1n) is 8.49. The van der Waals surface area contributed by atoms with E-state index in [0.29, 0.717) is 12.6 Å². The molecular weight excluding hydrogens is 322 g/mol. The number of ether oxygens (including phenoxy) is 2. The normalized spacial score (nSPS) is 20.8. The minimum Gasteiger partial charge on any atom is -0.493 e. The molecule has 0 saturated heterocycles. The van der Waals surface area contributed by atoms with E-state index in [1.807, 2.05) is 30.0 Å². The predicted molar refractivity (Wildman–Crippen MR) is 102 cm³/mol. The number of para-hydroxylation sites is 1. The van der Waals surface area contributed by atoms with E-state index in [2.05, 4.69) is 23.8 Å². The molecule has 6 heteroatoms. The molecule has 0 spiro atoms. The van der Waals surface area contributed by atoms with Crippen molar-refractivity contribution in [2.75, 3.05) is 27.0 Å². The Kier molecular flexibility index (Phi) is 7.56. The Bertz CT molecular complexity index is 551. The van der Waals surface area contributed by atoms with Gasteiger partial charge in [0.2, 0.25) is 0 Å². The van der Waals surface area contributed by atoms with Gasteiger partial charge in [0.25, 0.3) is 0 Å². The predicted octanol–water partition coefficient (Wildman–Crippen LogP) is 3.04. The Hall–Kier alpha value is -1.56.